The van der Waals surface area contributed by atoms with E-state index in [9.17, 15) is 14.9 Å². The second-order valence-corrected chi connectivity index (χ2v) is 10.3. The van der Waals surface area contributed by atoms with E-state index in [1.54, 1.807) is 50.6 Å². The molecule has 1 aliphatic rings. The summed E-state index contributed by atoms with van der Waals surface area (Å²) in [4.78, 5) is 38.5. The van der Waals surface area contributed by atoms with E-state index in [0.717, 1.165) is 35.1 Å². The summed E-state index contributed by atoms with van der Waals surface area (Å²) in [6.45, 7) is 5.54. The molecule has 0 spiro atoms. The van der Waals surface area contributed by atoms with Crippen molar-refractivity contribution in [3.63, 3.8) is 0 Å². The molecule has 3 aromatic heterocycles. The minimum absolute atomic E-state index is 0.174. The molecule has 2 N–H and O–H groups in total. The molecule has 2 amide bonds. The van der Waals surface area contributed by atoms with Crippen molar-refractivity contribution in [1.29, 1.82) is 5.26 Å². The number of anilines is 1. The number of hydrogen-bond donors (Lipinski definition) is 2. The maximum atomic E-state index is 13.0. The molecule has 3 heterocycles. The zero-order valence-corrected chi connectivity index (χ0v) is 22.0. The van der Waals surface area contributed by atoms with Crippen LogP contribution in [0.5, 0.6) is 0 Å². The van der Waals surface area contributed by atoms with Crippen LogP contribution >= 0.6 is 0 Å². The van der Waals surface area contributed by atoms with Gasteiger partial charge in [0.25, 0.3) is 11.8 Å². The molecule has 1 fully saturated rings. The molecule has 0 unspecified atom stereocenters. The largest absolute Gasteiger partial charge is 0.348 e. The number of aromatic nitrogens is 3. The van der Waals surface area contributed by atoms with Gasteiger partial charge in [-0.2, -0.15) is 5.26 Å². The summed E-state index contributed by atoms with van der Waals surface area (Å²) in [5.41, 5.74) is 5.58. The fourth-order valence-corrected chi connectivity index (χ4v) is 4.14. The SMILES string of the molecule is Cc1ccc(NC(=O)c2ccnc(C(C)(C)C#N)c2)cc1-c1ccnc(-c2ccnc(C(=O)NC3CC3)c2)c1. The number of hydrogen-bond acceptors (Lipinski definition) is 6. The monoisotopic (exact) mass is 516 g/mol. The van der Waals surface area contributed by atoms with Crippen LogP contribution in [-0.2, 0) is 5.41 Å². The highest BCUT2D eigenvalue weighted by Crippen LogP contribution is 2.30. The highest BCUT2D eigenvalue weighted by Gasteiger charge is 2.25. The Balaban J connectivity index is 1.39. The first-order chi connectivity index (χ1) is 18.7. The molecule has 0 radical (unpaired) electrons. The molecule has 1 aliphatic carbocycles. The van der Waals surface area contributed by atoms with E-state index >= 15 is 0 Å². The summed E-state index contributed by atoms with van der Waals surface area (Å²) in [7, 11) is 0. The van der Waals surface area contributed by atoms with Gasteiger partial charge in [-0.1, -0.05) is 6.07 Å². The molecular formula is C31H28N6O2. The van der Waals surface area contributed by atoms with Crippen molar-refractivity contribution in [2.75, 3.05) is 5.32 Å². The number of benzene rings is 1. The van der Waals surface area contributed by atoms with E-state index in [4.69, 9.17) is 0 Å². The lowest BCUT2D eigenvalue weighted by Crippen LogP contribution is -2.26. The molecule has 4 aromatic rings. The highest BCUT2D eigenvalue weighted by molar-refractivity contribution is 6.04. The van der Waals surface area contributed by atoms with Gasteiger partial charge in [-0.3, -0.25) is 24.5 Å². The number of nitriles is 1. The molecule has 1 aromatic carbocycles. The molecule has 1 saturated carbocycles. The van der Waals surface area contributed by atoms with Crippen molar-refractivity contribution in [1.82, 2.24) is 20.3 Å². The van der Waals surface area contributed by atoms with E-state index in [-0.39, 0.29) is 17.9 Å². The van der Waals surface area contributed by atoms with Crippen molar-refractivity contribution >= 4 is 17.5 Å². The van der Waals surface area contributed by atoms with Crippen LogP contribution in [-0.4, -0.2) is 32.8 Å². The number of aryl methyl sites for hydroxylation is 1. The van der Waals surface area contributed by atoms with Crippen LogP contribution in [0.15, 0.2) is 73.2 Å². The average molecular weight is 517 g/mol. The maximum Gasteiger partial charge on any atom is 0.270 e. The molecule has 39 heavy (non-hydrogen) atoms. The Morgan fingerprint density at radius 3 is 2.41 bits per heavy atom. The Hall–Kier alpha value is -4.90. The summed E-state index contributed by atoms with van der Waals surface area (Å²) in [6.07, 6.45) is 6.92. The summed E-state index contributed by atoms with van der Waals surface area (Å²) in [5.74, 6) is -0.460. The minimum atomic E-state index is -0.803. The lowest BCUT2D eigenvalue weighted by molar-refractivity contribution is 0.0945. The van der Waals surface area contributed by atoms with Gasteiger partial charge in [0.1, 0.15) is 5.69 Å². The van der Waals surface area contributed by atoms with Crippen molar-refractivity contribution in [3.8, 4) is 28.5 Å². The van der Waals surface area contributed by atoms with Crippen molar-refractivity contribution < 1.29 is 9.59 Å². The molecule has 0 aliphatic heterocycles. The second kappa shape index (κ2) is 10.5. The zero-order valence-electron chi connectivity index (χ0n) is 22.0. The number of nitrogens with one attached hydrogen (secondary N) is 2. The van der Waals surface area contributed by atoms with Gasteiger partial charge >= 0.3 is 0 Å². The van der Waals surface area contributed by atoms with Crippen molar-refractivity contribution in [2.45, 2.75) is 45.1 Å². The number of carbonyl (C=O) groups excluding carboxylic acids is 2. The lowest BCUT2D eigenvalue weighted by atomic mass is 9.90. The maximum absolute atomic E-state index is 13.0. The molecule has 0 atom stereocenters. The second-order valence-electron chi connectivity index (χ2n) is 10.3. The van der Waals surface area contributed by atoms with E-state index in [1.807, 2.05) is 43.3 Å². The molecule has 194 valence electrons. The summed E-state index contributed by atoms with van der Waals surface area (Å²) >= 11 is 0. The first kappa shape index (κ1) is 25.7. The van der Waals surface area contributed by atoms with Crippen molar-refractivity contribution in [3.05, 3.63) is 95.7 Å². The molecule has 5 rings (SSSR count). The van der Waals surface area contributed by atoms with Crippen LogP contribution in [0.4, 0.5) is 5.69 Å². The Kier molecular flexibility index (Phi) is 6.90. The van der Waals surface area contributed by atoms with Gasteiger partial charge in [0, 0.05) is 41.4 Å². The standard InChI is InChI=1S/C31H28N6O2/c1-19-4-5-24(37-29(38)22-10-13-35-28(16-22)31(2,3)18-32)17-25(19)20-8-11-33-26(14-20)21-9-12-34-27(15-21)30(39)36-23-6-7-23/h4-5,8-17,23H,6-7H2,1-3H3,(H,36,39)(H,37,38). The van der Waals surface area contributed by atoms with Crippen LogP contribution < -0.4 is 10.6 Å². The lowest BCUT2D eigenvalue weighted by Gasteiger charge is -2.15. The van der Waals surface area contributed by atoms with Gasteiger partial charge < -0.3 is 10.6 Å². The Labute approximate surface area is 227 Å². The third-order valence-electron chi connectivity index (χ3n) is 6.71. The van der Waals surface area contributed by atoms with Crippen LogP contribution in [0.1, 0.15) is 58.8 Å². The van der Waals surface area contributed by atoms with Crippen molar-refractivity contribution in [2.24, 2.45) is 0 Å². The van der Waals surface area contributed by atoms with Crippen LogP contribution in [0.25, 0.3) is 22.4 Å². The highest BCUT2D eigenvalue weighted by atomic mass is 16.2. The average Bonchev–Trinajstić information content (AvgIpc) is 3.78. The summed E-state index contributed by atoms with van der Waals surface area (Å²) in [5, 5.41) is 15.4. The van der Waals surface area contributed by atoms with Gasteiger partial charge in [0.15, 0.2) is 0 Å². The molecule has 0 bridgehead atoms. The van der Waals surface area contributed by atoms with Gasteiger partial charge in [-0.15, -0.1) is 0 Å². The number of pyridine rings is 3. The number of amides is 2. The third kappa shape index (κ3) is 5.83. The normalized spacial score (nSPS) is 12.9. The van der Waals surface area contributed by atoms with Gasteiger partial charge in [0.2, 0.25) is 0 Å². The predicted octanol–water partition coefficient (Wildman–Crippen LogP) is 5.46. The number of carbonyl (C=O) groups is 2. The predicted molar refractivity (Wildman–Crippen MR) is 149 cm³/mol. The minimum Gasteiger partial charge on any atom is -0.348 e. The zero-order chi connectivity index (χ0) is 27.6. The third-order valence-corrected chi connectivity index (χ3v) is 6.71. The van der Waals surface area contributed by atoms with Crippen LogP contribution in [0, 0.1) is 18.3 Å². The van der Waals surface area contributed by atoms with Gasteiger partial charge in [0.05, 0.1) is 22.9 Å². The first-order valence-corrected chi connectivity index (χ1v) is 12.8. The Bertz CT molecular complexity index is 1620. The number of nitrogens with zero attached hydrogens (tertiary/aromatic N) is 4. The quantitative estimate of drug-likeness (QED) is 0.336. The first-order valence-electron chi connectivity index (χ1n) is 12.8. The summed E-state index contributed by atoms with van der Waals surface area (Å²) < 4.78 is 0. The fourth-order valence-electron chi connectivity index (χ4n) is 4.14. The Morgan fingerprint density at radius 2 is 1.64 bits per heavy atom. The molecule has 8 nitrogen and oxygen atoms in total. The summed E-state index contributed by atoms with van der Waals surface area (Å²) in [6, 6.07) is 18.9. The molecule has 8 heteroatoms. The van der Waals surface area contributed by atoms with E-state index in [2.05, 4.69) is 31.7 Å². The number of rotatable bonds is 7. The Morgan fingerprint density at radius 1 is 0.897 bits per heavy atom. The van der Waals surface area contributed by atoms with Crippen LogP contribution in [0.2, 0.25) is 0 Å². The van der Waals surface area contributed by atoms with E-state index < -0.39 is 5.41 Å². The molecule has 0 saturated heterocycles. The van der Waals surface area contributed by atoms with E-state index in [1.165, 1.54) is 0 Å². The van der Waals surface area contributed by atoms with Gasteiger partial charge in [-0.05, 0) is 98.8 Å². The smallest absolute Gasteiger partial charge is 0.270 e. The van der Waals surface area contributed by atoms with Crippen LogP contribution in [0.3, 0.4) is 0 Å². The van der Waals surface area contributed by atoms with Gasteiger partial charge in [-0.25, -0.2) is 0 Å². The molecular weight excluding hydrogens is 488 g/mol. The fraction of sp³-hybridized carbons (Fsp3) is 0.226. The topological polar surface area (TPSA) is 121 Å². The van der Waals surface area contributed by atoms with E-state index in [0.29, 0.717) is 28.3 Å².